The summed E-state index contributed by atoms with van der Waals surface area (Å²) in [5.74, 6) is 6.58. The molecule has 2 aliphatic rings. The number of hydrogen-bond donors (Lipinski definition) is 0. The Labute approximate surface area is 453 Å². The van der Waals surface area contributed by atoms with Gasteiger partial charge in [-0.3, -0.25) is 0 Å². The Kier molecular flexibility index (Phi) is 20.7. The second-order valence-corrected chi connectivity index (χ2v) is 23.8. The summed E-state index contributed by atoms with van der Waals surface area (Å²) < 4.78 is 22.8. The van der Waals surface area contributed by atoms with Crippen molar-refractivity contribution < 1.29 is 36.0 Å². The number of hydrogen-bond acceptors (Lipinski definition) is 6. The van der Waals surface area contributed by atoms with Gasteiger partial charge in [0.2, 0.25) is 0 Å². The summed E-state index contributed by atoms with van der Waals surface area (Å²) in [6.45, 7) is 17.2. The van der Waals surface area contributed by atoms with E-state index in [1.165, 1.54) is 100 Å². The first kappa shape index (κ1) is 58.1. The molecule has 0 amide bonds. The average Bonchev–Trinajstić information content (AvgIpc) is 4.00. The Morgan fingerprint density at radius 2 is 0.589 bits per heavy atom. The van der Waals surface area contributed by atoms with Gasteiger partial charge >= 0.3 is 0 Å². The zero-order valence-electron chi connectivity index (χ0n) is 45.8. The molecule has 2 aliphatic carbocycles. The van der Waals surface area contributed by atoms with Gasteiger partial charge in [-0.25, -0.2) is 0 Å². The number of benzene rings is 6. The monoisotopic (exact) mass is 1050 g/mol. The fourth-order valence-electron chi connectivity index (χ4n) is 10.9. The van der Waals surface area contributed by atoms with Crippen LogP contribution in [0.3, 0.4) is 0 Å². The van der Waals surface area contributed by atoms with E-state index in [9.17, 15) is 0 Å². The fraction of sp³-hybridized carbons (Fsp3) is 0.281. The van der Waals surface area contributed by atoms with Crippen molar-refractivity contribution in [3.63, 3.8) is 0 Å². The Morgan fingerprint density at radius 3 is 0.795 bits per heavy atom. The van der Waals surface area contributed by atoms with Crippen LogP contribution in [0.15, 0.2) is 109 Å². The van der Waals surface area contributed by atoms with Crippen molar-refractivity contribution in [3.8, 4) is 23.0 Å². The maximum Gasteiger partial charge on any atom is 0.124 e. The standard InChI is InChI=1S/2C32H37NO2P.Fe/c2*1-21-17-26(18-22(2)31(21)34-7)36(27-19-23(3)32(35-8)24(4)20-27)29-16-12-15-28(29)30(33(5)6)25-13-10-9-11-14-25;/h2*9-20,30H,1-8H3;. The van der Waals surface area contributed by atoms with Gasteiger partial charge in [-0.1, -0.05) is 60.7 Å². The van der Waals surface area contributed by atoms with Crippen LogP contribution in [0, 0.1) is 117 Å². The maximum atomic E-state index is 5.71. The third-order valence-corrected chi connectivity index (χ3v) is 18.5. The minimum atomic E-state index is -0.815. The van der Waals surface area contributed by atoms with Crippen molar-refractivity contribution in [3.05, 3.63) is 227 Å². The smallest absolute Gasteiger partial charge is 0.124 e. The number of aryl methyl sites for hydroxylation is 8. The van der Waals surface area contributed by atoms with Crippen molar-refractivity contribution in [1.82, 2.24) is 9.80 Å². The Morgan fingerprint density at radius 1 is 0.356 bits per heavy atom. The quantitative estimate of drug-likeness (QED) is 0.0711. The molecule has 2 saturated carbocycles. The summed E-state index contributed by atoms with van der Waals surface area (Å²) in [5.41, 5.74) is 14.7. The van der Waals surface area contributed by atoms with Crippen LogP contribution in [-0.2, 0) is 17.1 Å². The summed E-state index contributed by atoms with van der Waals surface area (Å²) in [6, 6.07) is 40.5. The maximum absolute atomic E-state index is 5.71. The van der Waals surface area contributed by atoms with E-state index in [0.717, 1.165) is 23.0 Å². The van der Waals surface area contributed by atoms with Gasteiger partial charge in [0.15, 0.2) is 0 Å². The minimum Gasteiger partial charge on any atom is -0.496 e. The molecule has 0 aromatic heterocycles. The van der Waals surface area contributed by atoms with E-state index in [1.54, 1.807) is 28.4 Å². The van der Waals surface area contributed by atoms with Gasteiger partial charge in [0.1, 0.15) is 23.0 Å². The van der Waals surface area contributed by atoms with Gasteiger partial charge in [0, 0.05) is 52.3 Å². The molecule has 0 spiro atoms. The Bertz CT molecular complexity index is 2370. The first-order valence-corrected chi connectivity index (χ1v) is 27.4. The summed E-state index contributed by atoms with van der Waals surface area (Å²) in [4.78, 5) is 4.63. The predicted octanol–water partition coefficient (Wildman–Crippen LogP) is 12.8. The SMILES string of the molecule is COc1c(C)cc(P([C]2[CH][CH][CH][C]2C(c2ccccc2)N(C)C)c2cc(C)c(OC)c(C)c2)cc1C.COc1c(C)cc(P([C]2[CH][CH][CH][C]2C(c2ccccc2)N(C)C)c2cc(C)c(OC)c(C)c2)cc1C.[Fe]. The van der Waals surface area contributed by atoms with Gasteiger partial charge in [-0.2, -0.15) is 0 Å². The largest absolute Gasteiger partial charge is 0.496 e. The molecule has 10 radical (unpaired) electrons. The topological polar surface area (TPSA) is 43.4 Å². The van der Waals surface area contributed by atoms with E-state index in [2.05, 4.69) is 241 Å². The van der Waals surface area contributed by atoms with Crippen LogP contribution >= 0.6 is 15.8 Å². The first-order valence-electron chi connectivity index (χ1n) is 24.7. The van der Waals surface area contributed by atoms with Crippen LogP contribution in [0.1, 0.15) is 67.7 Å². The molecule has 73 heavy (non-hydrogen) atoms. The third kappa shape index (κ3) is 12.7. The molecule has 6 aromatic rings. The molecule has 9 heteroatoms. The summed E-state index contributed by atoms with van der Waals surface area (Å²) in [5, 5.41) is 5.34. The number of methoxy groups -OCH3 is 4. The third-order valence-electron chi connectivity index (χ3n) is 13.6. The Balaban J connectivity index is 0.000000235. The van der Waals surface area contributed by atoms with Crippen LogP contribution in [0.5, 0.6) is 23.0 Å². The molecular formula is C64H74FeN2O4P2. The normalized spacial score (nSPS) is 15.4. The van der Waals surface area contributed by atoms with Crippen molar-refractivity contribution in [2.75, 3.05) is 56.6 Å². The number of ether oxygens (including phenoxy) is 4. The molecule has 2 unspecified atom stereocenters. The fourth-order valence-corrected chi connectivity index (χ4v) is 16.5. The molecule has 0 aliphatic heterocycles. The van der Waals surface area contributed by atoms with E-state index in [1.807, 2.05) is 0 Å². The molecule has 0 saturated heterocycles. The van der Waals surface area contributed by atoms with Gasteiger partial charge in [0.05, 0.1) is 28.4 Å². The summed E-state index contributed by atoms with van der Waals surface area (Å²) in [6.07, 6.45) is 13.7. The van der Waals surface area contributed by atoms with Crippen LogP contribution in [0.25, 0.3) is 0 Å². The molecule has 2 fully saturated rings. The van der Waals surface area contributed by atoms with Crippen molar-refractivity contribution in [2.45, 2.75) is 67.5 Å². The predicted molar refractivity (Wildman–Crippen MR) is 307 cm³/mol. The van der Waals surface area contributed by atoms with E-state index < -0.39 is 15.8 Å². The number of rotatable bonds is 16. The second kappa shape index (κ2) is 26.0. The molecule has 0 N–H and O–H groups in total. The molecular weight excluding hydrogens is 979 g/mol. The molecule has 0 heterocycles. The van der Waals surface area contributed by atoms with Crippen LogP contribution in [-0.4, -0.2) is 66.4 Å². The minimum absolute atomic E-state index is 0. The molecule has 382 valence electrons. The molecule has 0 bridgehead atoms. The molecule has 8 rings (SSSR count). The van der Waals surface area contributed by atoms with Gasteiger partial charge < -0.3 is 28.7 Å². The van der Waals surface area contributed by atoms with Crippen LogP contribution in [0.2, 0.25) is 0 Å². The average molecular weight is 1050 g/mol. The van der Waals surface area contributed by atoms with Gasteiger partial charge in [-0.05, 0) is 263 Å². The van der Waals surface area contributed by atoms with Crippen molar-refractivity contribution in [2.24, 2.45) is 0 Å². The van der Waals surface area contributed by atoms with E-state index in [-0.39, 0.29) is 29.2 Å². The van der Waals surface area contributed by atoms with Crippen molar-refractivity contribution in [1.29, 1.82) is 0 Å². The first-order chi connectivity index (χ1) is 34.5. The second-order valence-electron chi connectivity index (χ2n) is 19.4. The van der Waals surface area contributed by atoms with E-state index in [4.69, 9.17) is 18.9 Å². The molecule has 2 atom stereocenters. The van der Waals surface area contributed by atoms with Crippen LogP contribution in [0.4, 0.5) is 0 Å². The molecule has 6 nitrogen and oxygen atoms in total. The summed E-state index contributed by atoms with van der Waals surface area (Å²) >= 11 is 0. The summed E-state index contributed by atoms with van der Waals surface area (Å²) in [7, 11) is 14.1. The van der Waals surface area contributed by atoms with E-state index in [0.29, 0.717) is 0 Å². The van der Waals surface area contributed by atoms with Crippen LogP contribution < -0.4 is 40.2 Å². The number of nitrogens with zero attached hydrogens (tertiary/aromatic N) is 2. The zero-order chi connectivity index (χ0) is 52.0. The van der Waals surface area contributed by atoms with Gasteiger partial charge in [0.25, 0.3) is 0 Å². The molecule has 6 aromatic carbocycles. The van der Waals surface area contributed by atoms with Crippen molar-refractivity contribution >= 4 is 37.1 Å². The van der Waals surface area contributed by atoms with E-state index >= 15 is 0 Å². The van der Waals surface area contributed by atoms with Gasteiger partial charge in [-0.15, -0.1) is 0 Å². The zero-order valence-corrected chi connectivity index (χ0v) is 48.7. The Hall–Kier alpha value is -4.18.